The van der Waals surface area contributed by atoms with E-state index in [2.05, 4.69) is 20.5 Å². The van der Waals surface area contributed by atoms with Crippen molar-refractivity contribution < 1.29 is 14.7 Å². The molecule has 0 aromatic carbocycles. The molecule has 0 spiro atoms. The van der Waals surface area contributed by atoms with Crippen LogP contribution in [-0.2, 0) is 11.8 Å². The van der Waals surface area contributed by atoms with Gasteiger partial charge in [-0.25, -0.2) is 9.78 Å². The number of hydrogen-bond donors (Lipinski definition) is 2. The SMILES string of the molecule is CC(C(=O)Nc1nc(-c2ccnn2C)cs1)n1cc(C(=O)O)cn1. The maximum atomic E-state index is 12.3. The lowest BCUT2D eigenvalue weighted by molar-refractivity contribution is -0.119. The molecular weight excluding hydrogens is 332 g/mol. The third kappa shape index (κ3) is 3.04. The van der Waals surface area contributed by atoms with E-state index < -0.39 is 12.0 Å². The lowest BCUT2D eigenvalue weighted by atomic mass is 10.3. The highest BCUT2D eigenvalue weighted by Gasteiger charge is 2.19. The molecule has 1 atom stereocenters. The summed E-state index contributed by atoms with van der Waals surface area (Å²) in [4.78, 5) is 27.5. The van der Waals surface area contributed by atoms with Crippen LogP contribution < -0.4 is 5.32 Å². The quantitative estimate of drug-likeness (QED) is 0.726. The number of anilines is 1. The number of aromatic nitrogens is 5. The van der Waals surface area contributed by atoms with Crippen LogP contribution in [0.4, 0.5) is 5.13 Å². The average Bonchev–Trinajstić information content (AvgIpc) is 3.26. The van der Waals surface area contributed by atoms with Gasteiger partial charge in [0.1, 0.15) is 11.7 Å². The topological polar surface area (TPSA) is 115 Å². The fraction of sp³-hybridized carbons (Fsp3) is 0.214. The Labute approximate surface area is 140 Å². The van der Waals surface area contributed by atoms with Gasteiger partial charge in [-0.05, 0) is 13.0 Å². The minimum absolute atomic E-state index is 0.0300. The van der Waals surface area contributed by atoms with Crippen LogP contribution in [-0.4, -0.2) is 41.5 Å². The van der Waals surface area contributed by atoms with Crippen molar-refractivity contribution in [3.05, 3.63) is 35.6 Å². The Balaban J connectivity index is 1.71. The van der Waals surface area contributed by atoms with E-state index in [1.54, 1.807) is 17.8 Å². The number of amides is 1. The Kier molecular flexibility index (Phi) is 4.13. The van der Waals surface area contributed by atoms with Crippen LogP contribution >= 0.6 is 11.3 Å². The number of carbonyl (C=O) groups is 2. The lowest BCUT2D eigenvalue weighted by Gasteiger charge is -2.10. The summed E-state index contributed by atoms with van der Waals surface area (Å²) >= 11 is 1.30. The van der Waals surface area contributed by atoms with E-state index in [0.717, 1.165) is 11.4 Å². The fourth-order valence-electron chi connectivity index (χ4n) is 2.06. The summed E-state index contributed by atoms with van der Waals surface area (Å²) in [5.41, 5.74) is 1.59. The second-order valence-corrected chi connectivity index (χ2v) is 5.92. The zero-order valence-electron chi connectivity index (χ0n) is 12.9. The van der Waals surface area contributed by atoms with E-state index in [1.807, 2.05) is 18.5 Å². The number of carbonyl (C=O) groups excluding carboxylic acids is 1. The van der Waals surface area contributed by atoms with Crippen molar-refractivity contribution in [3.8, 4) is 11.4 Å². The zero-order chi connectivity index (χ0) is 17.3. The number of carboxylic acids is 1. The molecule has 0 aliphatic heterocycles. The van der Waals surface area contributed by atoms with Crippen LogP contribution in [0.5, 0.6) is 0 Å². The molecule has 24 heavy (non-hydrogen) atoms. The number of hydrogen-bond acceptors (Lipinski definition) is 6. The second kappa shape index (κ2) is 6.24. The van der Waals surface area contributed by atoms with Crippen LogP contribution in [0.25, 0.3) is 11.4 Å². The molecule has 0 fully saturated rings. The second-order valence-electron chi connectivity index (χ2n) is 5.06. The van der Waals surface area contributed by atoms with E-state index in [9.17, 15) is 9.59 Å². The number of nitrogens with zero attached hydrogens (tertiary/aromatic N) is 5. The average molecular weight is 346 g/mol. The van der Waals surface area contributed by atoms with Gasteiger partial charge in [0, 0.05) is 24.8 Å². The van der Waals surface area contributed by atoms with Gasteiger partial charge < -0.3 is 10.4 Å². The largest absolute Gasteiger partial charge is 0.478 e. The van der Waals surface area contributed by atoms with Gasteiger partial charge >= 0.3 is 5.97 Å². The molecule has 9 nitrogen and oxygen atoms in total. The third-order valence-corrected chi connectivity index (χ3v) is 4.20. The first kappa shape index (κ1) is 15.9. The van der Waals surface area contributed by atoms with Gasteiger partial charge in [-0.2, -0.15) is 10.2 Å². The van der Waals surface area contributed by atoms with Crippen molar-refractivity contribution in [1.29, 1.82) is 0 Å². The molecule has 1 unspecified atom stereocenters. The number of aryl methyl sites for hydroxylation is 1. The molecule has 0 saturated carbocycles. The van der Waals surface area contributed by atoms with E-state index in [0.29, 0.717) is 5.13 Å². The molecule has 3 aromatic rings. The summed E-state index contributed by atoms with van der Waals surface area (Å²) in [5.74, 6) is -1.42. The van der Waals surface area contributed by atoms with Crippen LogP contribution in [0, 0.1) is 0 Å². The maximum absolute atomic E-state index is 12.3. The van der Waals surface area contributed by atoms with Crippen molar-refractivity contribution >= 4 is 28.3 Å². The number of carboxylic acid groups (broad SMARTS) is 1. The first-order valence-corrected chi connectivity index (χ1v) is 7.86. The van der Waals surface area contributed by atoms with Crippen LogP contribution in [0.15, 0.2) is 30.0 Å². The van der Waals surface area contributed by atoms with E-state index in [-0.39, 0.29) is 11.5 Å². The van der Waals surface area contributed by atoms with Crippen LogP contribution in [0.1, 0.15) is 23.3 Å². The minimum atomic E-state index is -1.09. The molecule has 0 radical (unpaired) electrons. The van der Waals surface area contributed by atoms with Crippen LogP contribution in [0.2, 0.25) is 0 Å². The van der Waals surface area contributed by atoms with Gasteiger partial charge in [-0.1, -0.05) is 0 Å². The molecule has 10 heteroatoms. The van der Waals surface area contributed by atoms with Crippen molar-refractivity contribution in [2.45, 2.75) is 13.0 Å². The Morgan fingerprint density at radius 3 is 2.79 bits per heavy atom. The van der Waals surface area contributed by atoms with Crippen molar-refractivity contribution in [1.82, 2.24) is 24.5 Å². The van der Waals surface area contributed by atoms with Gasteiger partial charge in [-0.15, -0.1) is 11.3 Å². The Morgan fingerprint density at radius 2 is 2.17 bits per heavy atom. The highest BCUT2D eigenvalue weighted by atomic mass is 32.1. The highest BCUT2D eigenvalue weighted by Crippen LogP contribution is 2.24. The lowest BCUT2D eigenvalue weighted by Crippen LogP contribution is -2.24. The number of nitrogens with one attached hydrogen (secondary N) is 1. The molecule has 3 rings (SSSR count). The fourth-order valence-corrected chi connectivity index (χ4v) is 2.77. The Morgan fingerprint density at radius 1 is 1.38 bits per heavy atom. The van der Waals surface area contributed by atoms with Crippen molar-refractivity contribution in [2.75, 3.05) is 5.32 Å². The molecule has 3 aromatic heterocycles. The van der Waals surface area contributed by atoms with Crippen molar-refractivity contribution in [2.24, 2.45) is 7.05 Å². The predicted octanol–water partition coefficient (Wildman–Crippen LogP) is 1.64. The summed E-state index contributed by atoms with van der Waals surface area (Å²) in [6.07, 6.45) is 4.19. The van der Waals surface area contributed by atoms with Gasteiger partial charge in [0.15, 0.2) is 5.13 Å². The van der Waals surface area contributed by atoms with E-state index >= 15 is 0 Å². The first-order valence-electron chi connectivity index (χ1n) is 6.98. The third-order valence-electron chi connectivity index (χ3n) is 3.44. The number of aromatic carboxylic acids is 1. The minimum Gasteiger partial charge on any atom is -0.478 e. The predicted molar refractivity (Wildman–Crippen MR) is 86.8 cm³/mol. The zero-order valence-corrected chi connectivity index (χ0v) is 13.7. The van der Waals surface area contributed by atoms with Crippen LogP contribution in [0.3, 0.4) is 0 Å². The molecule has 0 aliphatic carbocycles. The number of rotatable bonds is 5. The maximum Gasteiger partial charge on any atom is 0.338 e. The standard InChI is InChI=1S/C14H14N6O3S/c1-8(20-6-9(5-16-20)13(22)23)12(21)18-14-17-10(7-24-14)11-3-4-15-19(11)2/h3-8H,1-2H3,(H,22,23)(H,17,18,21). The monoisotopic (exact) mass is 346 g/mol. The Hall–Kier alpha value is -3.01. The summed E-state index contributed by atoms with van der Waals surface area (Å²) in [6, 6.07) is 1.17. The van der Waals surface area contributed by atoms with E-state index in [4.69, 9.17) is 5.11 Å². The van der Waals surface area contributed by atoms with E-state index in [1.165, 1.54) is 28.4 Å². The number of thiazole rings is 1. The van der Waals surface area contributed by atoms with Gasteiger partial charge in [0.05, 0.1) is 17.5 Å². The molecule has 1 amide bonds. The molecule has 0 aliphatic rings. The normalized spacial score (nSPS) is 12.1. The molecule has 0 saturated heterocycles. The summed E-state index contributed by atoms with van der Waals surface area (Å²) in [6.45, 7) is 1.63. The summed E-state index contributed by atoms with van der Waals surface area (Å²) in [7, 11) is 1.81. The molecule has 3 heterocycles. The molecule has 0 bridgehead atoms. The molecular formula is C14H14N6O3S. The summed E-state index contributed by atoms with van der Waals surface area (Å²) < 4.78 is 2.99. The van der Waals surface area contributed by atoms with Crippen molar-refractivity contribution in [3.63, 3.8) is 0 Å². The Bertz CT molecular complexity index is 896. The molecule has 2 N–H and O–H groups in total. The van der Waals surface area contributed by atoms with Gasteiger partial charge in [0.25, 0.3) is 5.91 Å². The summed E-state index contributed by atoms with van der Waals surface area (Å²) in [5, 5.41) is 21.9. The highest BCUT2D eigenvalue weighted by molar-refractivity contribution is 7.14. The first-order chi connectivity index (χ1) is 11.5. The smallest absolute Gasteiger partial charge is 0.338 e. The van der Waals surface area contributed by atoms with Gasteiger partial charge in [0.2, 0.25) is 0 Å². The molecule has 124 valence electrons. The van der Waals surface area contributed by atoms with Gasteiger partial charge in [-0.3, -0.25) is 14.2 Å².